The lowest BCUT2D eigenvalue weighted by molar-refractivity contribution is -0.131. The summed E-state index contributed by atoms with van der Waals surface area (Å²) in [6.45, 7) is 0.726. The molecule has 0 atom stereocenters. The maximum atomic E-state index is 10.5. The van der Waals surface area contributed by atoms with Crippen molar-refractivity contribution in [2.24, 2.45) is 0 Å². The number of nitrogens with zero attached hydrogens (tertiary/aromatic N) is 2. The largest absolute Gasteiger partial charge is 0.478 e. The van der Waals surface area contributed by atoms with Gasteiger partial charge in [-0.1, -0.05) is 6.07 Å². The van der Waals surface area contributed by atoms with E-state index in [0.717, 1.165) is 28.3 Å². The number of carboxylic acid groups (broad SMARTS) is 1. The molecule has 0 amide bonds. The van der Waals surface area contributed by atoms with Gasteiger partial charge in [-0.25, -0.2) is 4.79 Å². The molecule has 104 valence electrons. The second-order valence-corrected chi connectivity index (χ2v) is 5.57. The molecule has 1 aliphatic carbocycles. The summed E-state index contributed by atoms with van der Waals surface area (Å²) < 4.78 is 0.926. The van der Waals surface area contributed by atoms with Crippen LogP contribution in [0.25, 0.3) is 6.08 Å². The molecule has 20 heavy (non-hydrogen) atoms. The van der Waals surface area contributed by atoms with Gasteiger partial charge in [0.2, 0.25) is 0 Å². The fourth-order valence-corrected chi connectivity index (χ4v) is 2.71. The zero-order valence-corrected chi connectivity index (χ0v) is 12.5. The van der Waals surface area contributed by atoms with Crippen LogP contribution in [0.5, 0.6) is 0 Å². The standard InChI is InChI=1S/C15H15BrN2O2/c16-13-10-11(3-7-15(19)20)2-6-14(13)18(9-1-8-17)12-4-5-12/h2-3,6-7,10,12H,1,4-5,9H2,(H,19,20)/b7-3+. The number of halogens is 1. The molecule has 2 rings (SSSR count). The summed E-state index contributed by atoms with van der Waals surface area (Å²) in [5, 5.41) is 17.4. The van der Waals surface area contributed by atoms with Crippen LogP contribution in [0.15, 0.2) is 28.7 Å². The van der Waals surface area contributed by atoms with Crippen LogP contribution in [0.2, 0.25) is 0 Å². The molecule has 0 radical (unpaired) electrons. The molecule has 0 aliphatic heterocycles. The van der Waals surface area contributed by atoms with Crippen LogP contribution >= 0.6 is 15.9 Å². The number of aliphatic carboxylic acids is 1. The molecule has 1 fully saturated rings. The van der Waals surface area contributed by atoms with Gasteiger partial charge in [0.15, 0.2) is 0 Å². The minimum Gasteiger partial charge on any atom is -0.478 e. The topological polar surface area (TPSA) is 64.3 Å². The first-order valence-corrected chi connectivity index (χ1v) is 7.25. The molecule has 1 N–H and O–H groups in total. The van der Waals surface area contributed by atoms with Crippen LogP contribution < -0.4 is 4.90 Å². The Morgan fingerprint density at radius 1 is 1.55 bits per heavy atom. The normalized spacial score (nSPS) is 14.2. The zero-order chi connectivity index (χ0) is 14.5. The van der Waals surface area contributed by atoms with Crippen LogP contribution in [0.3, 0.4) is 0 Å². The van der Waals surface area contributed by atoms with Crippen LogP contribution in [-0.2, 0) is 4.79 Å². The molecular weight excluding hydrogens is 320 g/mol. The minimum atomic E-state index is -0.959. The van der Waals surface area contributed by atoms with Crippen molar-refractivity contribution in [1.29, 1.82) is 5.26 Å². The highest BCUT2D eigenvalue weighted by molar-refractivity contribution is 9.10. The predicted molar refractivity (Wildman–Crippen MR) is 81.4 cm³/mol. The van der Waals surface area contributed by atoms with Crippen LogP contribution in [0, 0.1) is 11.3 Å². The van der Waals surface area contributed by atoms with Gasteiger partial charge in [-0.3, -0.25) is 0 Å². The number of benzene rings is 1. The number of carbonyl (C=O) groups is 1. The number of nitriles is 1. The minimum absolute atomic E-state index is 0.504. The smallest absolute Gasteiger partial charge is 0.328 e. The molecule has 0 saturated heterocycles. The van der Waals surface area contributed by atoms with E-state index in [1.165, 1.54) is 12.8 Å². The first kappa shape index (κ1) is 14.6. The van der Waals surface area contributed by atoms with Gasteiger partial charge in [0.1, 0.15) is 0 Å². The molecule has 0 heterocycles. The van der Waals surface area contributed by atoms with E-state index in [1.807, 2.05) is 18.2 Å². The molecule has 1 saturated carbocycles. The maximum absolute atomic E-state index is 10.5. The summed E-state index contributed by atoms with van der Waals surface area (Å²) in [7, 11) is 0. The van der Waals surface area contributed by atoms with Crippen molar-refractivity contribution in [2.45, 2.75) is 25.3 Å². The molecule has 1 aromatic carbocycles. The van der Waals surface area contributed by atoms with Gasteiger partial charge in [-0.05, 0) is 52.5 Å². The van der Waals surface area contributed by atoms with Crippen LogP contribution in [0.1, 0.15) is 24.8 Å². The average molecular weight is 335 g/mol. The van der Waals surface area contributed by atoms with Gasteiger partial charge in [-0.2, -0.15) is 5.26 Å². The zero-order valence-electron chi connectivity index (χ0n) is 10.9. The summed E-state index contributed by atoms with van der Waals surface area (Å²) in [5.74, 6) is -0.959. The quantitative estimate of drug-likeness (QED) is 0.809. The fourth-order valence-electron chi connectivity index (χ4n) is 2.08. The Morgan fingerprint density at radius 3 is 2.85 bits per heavy atom. The van der Waals surface area contributed by atoms with Crippen molar-refractivity contribution in [3.63, 3.8) is 0 Å². The van der Waals surface area contributed by atoms with Gasteiger partial charge in [-0.15, -0.1) is 0 Å². The highest BCUT2D eigenvalue weighted by Gasteiger charge is 2.29. The van der Waals surface area contributed by atoms with Crippen molar-refractivity contribution in [1.82, 2.24) is 0 Å². The Morgan fingerprint density at radius 2 is 2.30 bits per heavy atom. The molecule has 0 unspecified atom stereocenters. The monoisotopic (exact) mass is 334 g/mol. The van der Waals surface area contributed by atoms with Gasteiger partial charge < -0.3 is 10.0 Å². The summed E-state index contributed by atoms with van der Waals surface area (Å²) in [4.78, 5) is 12.8. The van der Waals surface area contributed by atoms with E-state index in [9.17, 15) is 4.79 Å². The molecule has 0 aromatic heterocycles. The summed E-state index contributed by atoms with van der Waals surface area (Å²) in [5.41, 5.74) is 1.90. The predicted octanol–water partition coefficient (Wildman–Crippen LogP) is 3.43. The van der Waals surface area contributed by atoms with Crippen molar-refractivity contribution in [3.05, 3.63) is 34.3 Å². The number of hydrogen-bond donors (Lipinski definition) is 1. The van der Waals surface area contributed by atoms with E-state index in [1.54, 1.807) is 6.08 Å². The van der Waals surface area contributed by atoms with Crippen molar-refractivity contribution in [2.75, 3.05) is 11.4 Å². The Kier molecular flexibility index (Phi) is 4.80. The third kappa shape index (κ3) is 3.84. The fraction of sp³-hybridized carbons (Fsp3) is 0.333. The number of carboxylic acids is 1. The lowest BCUT2D eigenvalue weighted by Crippen LogP contribution is -2.26. The number of anilines is 1. The lowest BCUT2D eigenvalue weighted by Gasteiger charge is -2.25. The average Bonchev–Trinajstić information content (AvgIpc) is 3.23. The number of rotatable bonds is 6. The third-order valence-electron chi connectivity index (χ3n) is 3.15. The van der Waals surface area contributed by atoms with Crippen molar-refractivity contribution in [3.8, 4) is 6.07 Å². The molecule has 0 spiro atoms. The van der Waals surface area contributed by atoms with Gasteiger partial charge in [0.25, 0.3) is 0 Å². The summed E-state index contributed by atoms with van der Waals surface area (Å²) in [6.07, 6.45) is 5.52. The molecule has 4 nitrogen and oxygen atoms in total. The van der Waals surface area contributed by atoms with E-state index < -0.39 is 5.97 Å². The third-order valence-corrected chi connectivity index (χ3v) is 3.79. The number of hydrogen-bond acceptors (Lipinski definition) is 3. The van der Waals surface area contributed by atoms with E-state index in [2.05, 4.69) is 26.9 Å². The molecule has 0 bridgehead atoms. The van der Waals surface area contributed by atoms with Crippen molar-refractivity contribution >= 4 is 33.7 Å². The van der Waals surface area contributed by atoms with Gasteiger partial charge in [0.05, 0.1) is 18.2 Å². The Labute approximate surface area is 126 Å². The summed E-state index contributed by atoms with van der Waals surface area (Å²) >= 11 is 3.54. The van der Waals surface area contributed by atoms with Gasteiger partial charge in [0, 0.05) is 23.1 Å². The Balaban J connectivity index is 2.19. The van der Waals surface area contributed by atoms with E-state index in [4.69, 9.17) is 10.4 Å². The Hall–Kier alpha value is -1.80. The molecule has 5 heteroatoms. The molecule has 1 aromatic rings. The van der Waals surface area contributed by atoms with E-state index >= 15 is 0 Å². The van der Waals surface area contributed by atoms with Crippen LogP contribution in [-0.4, -0.2) is 23.7 Å². The van der Waals surface area contributed by atoms with E-state index in [0.29, 0.717) is 12.5 Å². The first-order valence-electron chi connectivity index (χ1n) is 6.46. The first-order chi connectivity index (χ1) is 9.61. The Bertz CT molecular complexity index is 574. The maximum Gasteiger partial charge on any atom is 0.328 e. The SMILES string of the molecule is N#CCCN(c1ccc(/C=C/C(=O)O)cc1Br)C1CC1. The lowest BCUT2D eigenvalue weighted by atomic mass is 10.1. The highest BCUT2D eigenvalue weighted by Crippen LogP contribution is 2.36. The molecular formula is C15H15BrN2O2. The highest BCUT2D eigenvalue weighted by atomic mass is 79.9. The second-order valence-electron chi connectivity index (χ2n) is 4.72. The molecule has 1 aliphatic rings. The summed E-state index contributed by atoms with van der Waals surface area (Å²) in [6, 6.07) is 8.47. The second kappa shape index (κ2) is 6.58. The van der Waals surface area contributed by atoms with E-state index in [-0.39, 0.29) is 0 Å². The van der Waals surface area contributed by atoms with Crippen molar-refractivity contribution < 1.29 is 9.90 Å². The van der Waals surface area contributed by atoms with Crippen LogP contribution in [0.4, 0.5) is 5.69 Å². The van der Waals surface area contributed by atoms with Gasteiger partial charge >= 0.3 is 5.97 Å².